The van der Waals surface area contributed by atoms with Gasteiger partial charge >= 0.3 is 5.97 Å². The number of benzene rings is 2. The second-order valence-electron chi connectivity index (χ2n) is 5.95. The van der Waals surface area contributed by atoms with Gasteiger partial charge < -0.3 is 15.2 Å². The number of phenolic OH excluding ortho intramolecular Hbond substituents is 1. The summed E-state index contributed by atoms with van der Waals surface area (Å²) in [5.41, 5.74) is 2.28. The van der Waals surface area contributed by atoms with Gasteiger partial charge in [-0.2, -0.15) is 0 Å². The predicted octanol–water partition coefficient (Wildman–Crippen LogP) is 3.40. The molecule has 1 aliphatic rings. The van der Waals surface area contributed by atoms with Crippen molar-refractivity contribution in [1.29, 1.82) is 0 Å². The Hall–Kier alpha value is -2.53. The monoisotopic (exact) mass is 359 g/mol. The number of rotatable bonds is 4. The van der Waals surface area contributed by atoms with E-state index in [1.807, 2.05) is 18.2 Å². The summed E-state index contributed by atoms with van der Waals surface area (Å²) < 4.78 is 4.99. The molecule has 0 saturated heterocycles. The van der Waals surface area contributed by atoms with Crippen molar-refractivity contribution in [2.45, 2.75) is 25.3 Å². The second-order valence-corrected chi connectivity index (χ2v) is 6.39. The first kappa shape index (κ1) is 17.3. The van der Waals surface area contributed by atoms with Crippen LogP contribution in [0.1, 0.15) is 40.4 Å². The smallest absolute Gasteiger partial charge is 0.342 e. The summed E-state index contributed by atoms with van der Waals surface area (Å²) in [6.45, 7) is -0.413. The topological polar surface area (TPSA) is 75.6 Å². The van der Waals surface area contributed by atoms with Crippen molar-refractivity contribution in [2.75, 3.05) is 6.61 Å². The minimum Gasteiger partial charge on any atom is -0.507 e. The normalized spacial score (nSPS) is 16.0. The third-order valence-corrected chi connectivity index (χ3v) is 4.45. The molecule has 2 N–H and O–H groups in total. The molecule has 0 saturated carbocycles. The molecule has 25 heavy (non-hydrogen) atoms. The fraction of sp³-hybridized carbons (Fsp3) is 0.263. The van der Waals surface area contributed by atoms with E-state index in [-0.39, 0.29) is 23.3 Å². The molecule has 0 fully saturated rings. The van der Waals surface area contributed by atoms with Gasteiger partial charge in [0.25, 0.3) is 5.91 Å². The summed E-state index contributed by atoms with van der Waals surface area (Å²) in [6.07, 6.45) is 2.86. The Balaban J connectivity index is 1.59. The number of carbonyl (C=O) groups excluding carboxylic acids is 2. The van der Waals surface area contributed by atoms with E-state index in [0.29, 0.717) is 5.02 Å². The number of hydrogen-bond donors (Lipinski definition) is 2. The zero-order chi connectivity index (χ0) is 17.8. The van der Waals surface area contributed by atoms with Gasteiger partial charge in [-0.15, -0.1) is 0 Å². The summed E-state index contributed by atoms with van der Waals surface area (Å²) in [5, 5.41) is 12.9. The Morgan fingerprint density at radius 2 is 2.04 bits per heavy atom. The van der Waals surface area contributed by atoms with Crippen molar-refractivity contribution in [2.24, 2.45) is 0 Å². The number of fused-ring (bicyclic) bond motifs is 1. The zero-order valence-corrected chi connectivity index (χ0v) is 14.3. The molecule has 2 aromatic rings. The Morgan fingerprint density at radius 3 is 2.88 bits per heavy atom. The van der Waals surface area contributed by atoms with Gasteiger partial charge in [-0.3, -0.25) is 4.79 Å². The largest absolute Gasteiger partial charge is 0.507 e. The van der Waals surface area contributed by atoms with Gasteiger partial charge in [-0.05, 0) is 48.6 Å². The maximum Gasteiger partial charge on any atom is 0.342 e. The van der Waals surface area contributed by atoms with Crippen molar-refractivity contribution in [1.82, 2.24) is 5.32 Å². The number of ether oxygens (including phenoxy) is 1. The lowest BCUT2D eigenvalue weighted by Gasteiger charge is -2.26. The highest BCUT2D eigenvalue weighted by atomic mass is 35.5. The molecule has 0 bridgehead atoms. The Labute approximate surface area is 150 Å². The fourth-order valence-electron chi connectivity index (χ4n) is 3.02. The van der Waals surface area contributed by atoms with Gasteiger partial charge in [-0.25, -0.2) is 4.79 Å². The Kier molecular flexibility index (Phi) is 5.24. The summed E-state index contributed by atoms with van der Waals surface area (Å²) in [6, 6.07) is 12.0. The third-order valence-electron chi connectivity index (χ3n) is 4.22. The highest BCUT2D eigenvalue weighted by Crippen LogP contribution is 2.29. The van der Waals surface area contributed by atoms with Crippen molar-refractivity contribution < 1.29 is 19.4 Å². The molecule has 1 unspecified atom stereocenters. The molecule has 0 aliphatic heterocycles. The second kappa shape index (κ2) is 7.57. The first-order valence-electron chi connectivity index (χ1n) is 8.07. The molecule has 1 atom stereocenters. The third kappa shape index (κ3) is 4.12. The predicted molar refractivity (Wildman–Crippen MR) is 93.7 cm³/mol. The van der Waals surface area contributed by atoms with E-state index in [1.54, 1.807) is 0 Å². The van der Waals surface area contributed by atoms with Gasteiger partial charge in [0.15, 0.2) is 6.61 Å². The zero-order valence-electron chi connectivity index (χ0n) is 13.5. The molecule has 2 aromatic carbocycles. The average Bonchev–Trinajstić information content (AvgIpc) is 2.62. The van der Waals surface area contributed by atoms with Gasteiger partial charge in [-0.1, -0.05) is 35.9 Å². The summed E-state index contributed by atoms with van der Waals surface area (Å²) in [4.78, 5) is 24.1. The van der Waals surface area contributed by atoms with Crippen LogP contribution in [0.25, 0.3) is 0 Å². The molecule has 1 amide bonds. The molecule has 3 rings (SSSR count). The summed E-state index contributed by atoms with van der Waals surface area (Å²) in [5.74, 6) is -1.41. The van der Waals surface area contributed by atoms with E-state index < -0.39 is 12.6 Å². The van der Waals surface area contributed by atoms with Crippen molar-refractivity contribution in [3.63, 3.8) is 0 Å². The number of carbonyl (C=O) groups is 2. The fourth-order valence-corrected chi connectivity index (χ4v) is 3.19. The highest BCUT2D eigenvalue weighted by Gasteiger charge is 2.22. The van der Waals surface area contributed by atoms with Gasteiger partial charge in [0.2, 0.25) is 0 Å². The minimum atomic E-state index is -0.792. The molecular formula is C19H18ClNO4. The van der Waals surface area contributed by atoms with Crippen LogP contribution in [0.3, 0.4) is 0 Å². The molecule has 1 aliphatic carbocycles. The molecule has 6 heteroatoms. The minimum absolute atomic E-state index is 0.0664. The standard InChI is InChI=1S/C19H18ClNO4/c20-13-8-9-17(22)15(10-13)19(24)25-11-18(23)21-16-7-3-5-12-4-1-2-6-14(12)16/h1-2,4,6,8-10,16,22H,3,5,7,11H2,(H,21,23). The van der Waals surface area contributed by atoms with Crippen molar-refractivity contribution in [3.05, 3.63) is 64.2 Å². The van der Waals surface area contributed by atoms with Crippen LogP contribution in [0.4, 0.5) is 0 Å². The van der Waals surface area contributed by atoms with Crippen LogP contribution in [0.2, 0.25) is 5.02 Å². The number of aromatic hydroxyl groups is 1. The number of phenols is 1. The number of halogens is 1. The molecule has 0 heterocycles. The highest BCUT2D eigenvalue weighted by molar-refractivity contribution is 6.31. The molecular weight excluding hydrogens is 342 g/mol. The average molecular weight is 360 g/mol. The van der Waals surface area contributed by atoms with Gasteiger partial charge in [0, 0.05) is 5.02 Å². The van der Waals surface area contributed by atoms with E-state index in [9.17, 15) is 14.7 Å². The Bertz CT molecular complexity index is 806. The quantitative estimate of drug-likeness (QED) is 0.820. The van der Waals surface area contributed by atoms with E-state index in [1.165, 1.54) is 23.8 Å². The number of hydrogen-bond acceptors (Lipinski definition) is 4. The van der Waals surface area contributed by atoms with E-state index in [2.05, 4.69) is 11.4 Å². The van der Waals surface area contributed by atoms with Crippen LogP contribution in [-0.4, -0.2) is 23.6 Å². The maximum atomic E-state index is 12.1. The van der Waals surface area contributed by atoms with E-state index >= 15 is 0 Å². The van der Waals surface area contributed by atoms with E-state index in [4.69, 9.17) is 16.3 Å². The number of esters is 1. The van der Waals surface area contributed by atoms with Gasteiger partial charge in [0.05, 0.1) is 6.04 Å². The maximum absolute atomic E-state index is 12.1. The van der Waals surface area contributed by atoms with Crippen LogP contribution >= 0.6 is 11.6 Å². The van der Waals surface area contributed by atoms with Crippen molar-refractivity contribution >= 4 is 23.5 Å². The van der Waals surface area contributed by atoms with Crippen LogP contribution in [-0.2, 0) is 16.0 Å². The van der Waals surface area contributed by atoms with E-state index in [0.717, 1.165) is 24.8 Å². The lowest BCUT2D eigenvalue weighted by molar-refractivity contribution is -0.125. The van der Waals surface area contributed by atoms with Crippen LogP contribution in [0.5, 0.6) is 5.75 Å². The number of nitrogens with one attached hydrogen (secondary N) is 1. The van der Waals surface area contributed by atoms with Crippen LogP contribution < -0.4 is 5.32 Å². The molecule has 130 valence electrons. The summed E-state index contributed by atoms with van der Waals surface area (Å²) in [7, 11) is 0. The molecule has 5 nitrogen and oxygen atoms in total. The number of aryl methyl sites for hydroxylation is 1. The lowest BCUT2D eigenvalue weighted by atomic mass is 9.88. The SMILES string of the molecule is O=C(COC(=O)c1cc(Cl)ccc1O)NC1CCCc2ccccc21. The van der Waals surface area contributed by atoms with Crippen LogP contribution in [0.15, 0.2) is 42.5 Å². The molecule has 0 radical (unpaired) electrons. The molecule has 0 spiro atoms. The van der Waals surface area contributed by atoms with Gasteiger partial charge in [0.1, 0.15) is 11.3 Å². The van der Waals surface area contributed by atoms with Crippen molar-refractivity contribution in [3.8, 4) is 5.75 Å². The first-order valence-corrected chi connectivity index (χ1v) is 8.45. The first-order chi connectivity index (χ1) is 12.0. The van der Waals surface area contributed by atoms with Crippen LogP contribution in [0, 0.1) is 0 Å². The number of amides is 1. The Morgan fingerprint density at radius 1 is 1.24 bits per heavy atom. The molecule has 0 aromatic heterocycles. The summed E-state index contributed by atoms with van der Waals surface area (Å²) >= 11 is 5.80. The lowest BCUT2D eigenvalue weighted by Crippen LogP contribution is -2.34.